The third-order valence-electron chi connectivity index (χ3n) is 4.20. The molecule has 0 spiro atoms. The van der Waals surface area contributed by atoms with Gasteiger partial charge in [0.25, 0.3) is 0 Å². The van der Waals surface area contributed by atoms with Gasteiger partial charge in [-0.1, -0.05) is 62.2 Å². The molecule has 0 saturated carbocycles. The number of hydrogen-bond acceptors (Lipinski definition) is 5. The van der Waals surface area contributed by atoms with Crippen molar-refractivity contribution in [2.75, 3.05) is 13.7 Å². The van der Waals surface area contributed by atoms with E-state index in [0.717, 1.165) is 5.56 Å². The largest absolute Gasteiger partial charge is 0.492 e. The molecule has 3 aromatic rings. The summed E-state index contributed by atoms with van der Waals surface area (Å²) in [7, 11) is 1.27. The van der Waals surface area contributed by atoms with Crippen molar-refractivity contribution in [1.82, 2.24) is 0 Å². The van der Waals surface area contributed by atoms with E-state index in [9.17, 15) is 9.59 Å². The summed E-state index contributed by atoms with van der Waals surface area (Å²) in [5, 5.41) is 0. The zero-order valence-corrected chi connectivity index (χ0v) is 19.2. The van der Waals surface area contributed by atoms with Crippen LogP contribution in [-0.2, 0) is 11.2 Å². The summed E-state index contributed by atoms with van der Waals surface area (Å²) in [6.45, 7) is 0.400. The predicted octanol–water partition coefficient (Wildman–Crippen LogP) is 5.84. The normalized spacial score (nSPS) is 10.4. The molecule has 0 unspecified atom stereocenters. The van der Waals surface area contributed by atoms with Crippen molar-refractivity contribution >= 4 is 43.8 Å². The number of ether oxygens (including phenoxy) is 3. The maximum atomic E-state index is 12.9. The van der Waals surface area contributed by atoms with Crippen molar-refractivity contribution in [3.63, 3.8) is 0 Å². The molecule has 0 radical (unpaired) electrons. The lowest BCUT2D eigenvalue weighted by Crippen LogP contribution is -2.14. The first-order valence-electron chi connectivity index (χ1n) is 9.04. The van der Waals surface area contributed by atoms with Gasteiger partial charge >= 0.3 is 11.9 Å². The lowest BCUT2D eigenvalue weighted by Gasteiger charge is -2.13. The molecule has 0 amide bonds. The van der Waals surface area contributed by atoms with Crippen molar-refractivity contribution in [1.29, 1.82) is 0 Å². The molecule has 0 saturated heterocycles. The Hall–Kier alpha value is -2.64. The second kappa shape index (κ2) is 10.4. The van der Waals surface area contributed by atoms with Crippen LogP contribution in [0.3, 0.4) is 0 Å². The molecule has 0 aliphatic rings. The van der Waals surface area contributed by atoms with Crippen LogP contribution in [0.25, 0.3) is 0 Å². The lowest BCUT2D eigenvalue weighted by atomic mass is 10.1. The first-order chi connectivity index (χ1) is 14.5. The number of halogens is 2. The topological polar surface area (TPSA) is 61.8 Å². The molecule has 3 rings (SSSR count). The van der Waals surface area contributed by atoms with E-state index in [1.807, 2.05) is 30.3 Å². The van der Waals surface area contributed by atoms with Crippen LogP contribution in [0.2, 0.25) is 0 Å². The van der Waals surface area contributed by atoms with Gasteiger partial charge in [0.05, 0.1) is 13.7 Å². The Bertz CT molecular complexity index is 1050. The van der Waals surface area contributed by atoms with E-state index >= 15 is 0 Å². The van der Waals surface area contributed by atoms with E-state index in [2.05, 4.69) is 31.9 Å². The summed E-state index contributed by atoms with van der Waals surface area (Å²) in [6, 6.07) is 19.8. The zero-order valence-electron chi connectivity index (χ0n) is 16.1. The third kappa shape index (κ3) is 5.70. The van der Waals surface area contributed by atoms with Crippen LogP contribution in [0.1, 0.15) is 26.3 Å². The van der Waals surface area contributed by atoms with Gasteiger partial charge in [-0.05, 0) is 42.0 Å². The minimum absolute atomic E-state index is 0.102. The molecule has 0 heterocycles. The molecule has 3 aromatic carbocycles. The first kappa shape index (κ1) is 22.1. The molecule has 30 heavy (non-hydrogen) atoms. The van der Waals surface area contributed by atoms with Gasteiger partial charge in [-0.25, -0.2) is 9.59 Å². The number of esters is 2. The maximum Gasteiger partial charge on any atom is 0.347 e. The summed E-state index contributed by atoms with van der Waals surface area (Å²) in [5.41, 5.74) is 1.52. The Morgan fingerprint density at radius 2 is 1.40 bits per heavy atom. The van der Waals surface area contributed by atoms with Gasteiger partial charge in [-0.3, -0.25) is 0 Å². The van der Waals surface area contributed by atoms with E-state index in [1.54, 1.807) is 24.3 Å². The lowest BCUT2D eigenvalue weighted by molar-refractivity contribution is 0.0593. The second-order valence-corrected chi connectivity index (χ2v) is 8.08. The molecule has 5 nitrogen and oxygen atoms in total. The van der Waals surface area contributed by atoms with Crippen molar-refractivity contribution in [2.45, 2.75) is 6.42 Å². The molecule has 0 aromatic heterocycles. The Balaban J connectivity index is 1.79. The van der Waals surface area contributed by atoms with Gasteiger partial charge in [0.2, 0.25) is 0 Å². The SMILES string of the molecule is COC(=O)c1cc(Br)ccc1OC(=O)c1cc(Br)ccc1OCCc1ccccc1. The summed E-state index contributed by atoms with van der Waals surface area (Å²) in [4.78, 5) is 24.9. The van der Waals surface area contributed by atoms with E-state index in [1.165, 1.54) is 19.2 Å². The Morgan fingerprint density at radius 1 is 0.800 bits per heavy atom. The Morgan fingerprint density at radius 3 is 2.03 bits per heavy atom. The highest BCUT2D eigenvalue weighted by molar-refractivity contribution is 9.10. The Labute approximate surface area is 191 Å². The molecule has 0 atom stereocenters. The Kier molecular flexibility index (Phi) is 7.65. The van der Waals surface area contributed by atoms with E-state index in [4.69, 9.17) is 14.2 Å². The summed E-state index contributed by atoms with van der Waals surface area (Å²) in [5.74, 6) is -0.743. The maximum absolute atomic E-state index is 12.9. The third-order valence-corrected chi connectivity index (χ3v) is 5.19. The highest BCUT2D eigenvalue weighted by Gasteiger charge is 2.20. The van der Waals surface area contributed by atoms with Crippen LogP contribution in [0.4, 0.5) is 0 Å². The fourth-order valence-electron chi connectivity index (χ4n) is 2.73. The molecule has 0 N–H and O–H groups in total. The van der Waals surface area contributed by atoms with Crippen LogP contribution >= 0.6 is 31.9 Å². The first-order valence-corrected chi connectivity index (χ1v) is 10.6. The number of rotatable bonds is 7. The number of benzene rings is 3. The summed E-state index contributed by atoms with van der Waals surface area (Å²) in [6.07, 6.45) is 0.699. The smallest absolute Gasteiger partial charge is 0.347 e. The molecular formula is C23H18Br2O5. The van der Waals surface area contributed by atoms with E-state index in [0.29, 0.717) is 27.7 Å². The quantitative estimate of drug-likeness (QED) is 0.282. The summed E-state index contributed by atoms with van der Waals surface area (Å²) >= 11 is 6.67. The van der Waals surface area contributed by atoms with Crippen molar-refractivity contribution in [3.8, 4) is 11.5 Å². The fraction of sp³-hybridized carbons (Fsp3) is 0.130. The van der Waals surface area contributed by atoms with Crippen molar-refractivity contribution in [2.24, 2.45) is 0 Å². The van der Waals surface area contributed by atoms with Crippen molar-refractivity contribution in [3.05, 3.63) is 92.4 Å². The molecule has 0 aliphatic heterocycles. The average molecular weight is 534 g/mol. The van der Waals surface area contributed by atoms with Crippen LogP contribution in [-0.4, -0.2) is 25.7 Å². The molecule has 0 aliphatic carbocycles. The second-order valence-electron chi connectivity index (χ2n) is 6.25. The standard InChI is InChI=1S/C23H18Br2O5/c1-28-22(26)19-14-17(25)8-10-21(19)30-23(27)18-13-16(24)7-9-20(18)29-12-11-15-5-3-2-4-6-15/h2-10,13-14H,11-12H2,1H3. The number of methoxy groups -OCH3 is 1. The van der Waals surface area contributed by atoms with Gasteiger partial charge in [-0.2, -0.15) is 0 Å². The summed E-state index contributed by atoms with van der Waals surface area (Å²) < 4.78 is 17.5. The highest BCUT2D eigenvalue weighted by Crippen LogP contribution is 2.28. The van der Waals surface area contributed by atoms with Crippen LogP contribution in [0.5, 0.6) is 11.5 Å². The van der Waals surface area contributed by atoms with E-state index in [-0.39, 0.29) is 16.9 Å². The number of carbonyl (C=O) groups excluding carboxylic acids is 2. The van der Waals surface area contributed by atoms with Crippen LogP contribution in [0, 0.1) is 0 Å². The number of carbonyl (C=O) groups is 2. The molecule has 7 heteroatoms. The van der Waals surface area contributed by atoms with Gasteiger partial charge in [-0.15, -0.1) is 0 Å². The number of hydrogen-bond donors (Lipinski definition) is 0. The van der Waals surface area contributed by atoms with E-state index < -0.39 is 11.9 Å². The highest BCUT2D eigenvalue weighted by atomic mass is 79.9. The minimum atomic E-state index is -0.640. The van der Waals surface area contributed by atoms with Crippen LogP contribution in [0.15, 0.2) is 75.7 Å². The van der Waals surface area contributed by atoms with Crippen LogP contribution < -0.4 is 9.47 Å². The molecular weight excluding hydrogens is 516 g/mol. The fourth-order valence-corrected chi connectivity index (χ4v) is 3.45. The van der Waals surface area contributed by atoms with Gasteiger partial charge in [0, 0.05) is 15.4 Å². The molecule has 154 valence electrons. The minimum Gasteiger partial charge on any atom is -0.492 e. The van der Waals surface area contributed by atoms with Gasteiger partial charge < -0.3 is 14.2 Å². The molecule has 0 bridgehead atoms. The average Bonchev–Trinajstić information content (AvgIpc) is 2.76. The zero-order chi connectivity index (χ0) is 21.5. The van der Waals surface area contributed by atoms with Gasteiger partial charge in [0.15, 0.2) is 0 Å². The van der Waals surface area contributed by atoms with Crippen molar-refractivity contribution < 1.29 is 23.8 Å². The van der Waals surface area contributed by atoms with Gasteiger partial charge in [0.1, 0.15) is 22.6 Å². The monoisotopic (exact) mass is 532 g/mol. The molecule has 0 fully saturated rings. The predicted molar refractivity (Wildman–Crippen MR) is 120 cm³/mol.